The zero-order chi connectivity index (χ0) is 16.7. The summed E-state index contributed by atoms with van der Waals surface area (Å²) in [5.41, 5.74) is 0.168. The zero-order valence-corrected chi connectivity index (χ0v) is 13.3. The van der Waals surface area contributed by atoms with E-state index in [2.05, 4.69) is 5.32 Å². The van der Waals surface area contributed by atoms with Crippen molar-refractivity contribution in [2.75, 3.05) is 19.8 Å². The van der Waals surface area contributed by atoms with Crippen LogP contribution in [0.3, 0.4) is 0 Å². The van der Waals surface area contributed by atoms with Crippen LogP contribution in [0, 0.1) is 11.6 Å². The van der Waals surface area contributed by atoms with Gasteiger partial charge in [0, 0.05) is 18.6 Å². The van der Waals surface area contributed by atoms with Crippen LogP contribution >= 0.6 is 0 Å². The second kappa shape index (κ2) is 8.93. The molecule has 1 amide bonds. The van der Waals surface area contributed by atoms with Crippen LogP contribution in [-0.4, -0.2) is 31.8 Å². The fraction of sp³-hybridized carbons (Fsp3) is 0.588. The highest BCUT2D eigenvalue weighted by Crippen LogP contribution is 2.21. The van der Waals surface area contributed by atoms with Crippen molar-refractivity contribution < 1.29 is 23.0 Å². The molecule has 1 fully saturated rings. The normalized spacial score (nSPS) is 18.8. The monoisotopic (exact) mass is 327 g/mol. The van der Waals surface area contributed by atoms with Crippen molar-refractivity contribution in [1.29, 1.82) is 0 Å². The average molecular weight is 327 g/mol. The molecule has 0 radical (unpaired) electrons. The van der Waals surface area contributed by atoms with Gasteiger partial charge in [-0.2, -0.15) is 0 Å². The van der Waals surface area contributed by atoms with Gasteiger partial charge in [0.1, 0.15) is 11.6 Å². The third-order valence-electron chi connectivity index (χ3n) is 3.88. The fourth-order valence-electron chi connectivity index (χ4n) is 2.60. The van der Waals surface area contributed by atoms with Crippen molar-refractivity contribution in [1.82, 2.24) is 5.32 Å². The van der Waals surface area contributed by atoms with Gasteiger partial charge in [-0.25, -0.2) is 8.78 Å². The van der Waals surface area contributed by atoms with E-state index < -0.39 is 17.7 Å². The van der Waals surface area contributed by atoms with Crippen LogP contribution in [0.5, 0.6) is 0 Å². The van der Waals surface area contributed by atoms with E-state index in [0.717, 1.165) is 37.6 Å². The van der Waals surface area contributed by atoms with E-state index in [0.29, 0.717) is 13.0 Å². The molecule has 1 saturated heterocycles. The lowest BCUT2D eigenvalue weighted by atomic mass is 10.0. The summed E-state index contributed by atoms with van der Waals surface area (Å²) >= 11 is 0. The SMILES string of the molecule is CCC(NC(=O)CCOCC1CCCO1)c1cc(F)ccc1F. The Labute approximate surface area is 135 Å². The summed E-state index contributed by atoms with van der Waals surface area (Å²) in [6.45, 7) is 3.35. The van der Waals surface area contributed by atoms with Gasteiger partial charge in [-0.3, -0.25) is 4.79 Å². The lowest BCUT2D eigenvalue weighted by Crippen LogP contribution is -2.30. The second-order valence-electron chi connectivity index (χ2n) is 5.65. The van der Waals surface area contributed by atoms with Crippen molar-refractivity contribution in [3.8, 4) is 0 Å². The molecule has 0 aliphatic carbocycles. The summed E-state index contributed by atoms with van der Waals surface area (Å²) in [6.07, 6.45) is 2.82. The molecule has 23 heavy (non-hydrogen) atoms. The topological polar surface area (TPSA) is 47.6 Å². The van der Waals surface area contributed by atoms with Gasteiger partial charge in [-0.1, -0.05) is 6.92 Å². The number of nitrogens with one attached hydrogen (secondary N) is 1. The number of rotatable bonds is 8. The van der Waals surface area contributed by atoms with Crippen molar-refractivity contribution in [3.63, 3.8) is 0 Å². The maximum atomic E-state index is 13.8. The number of ether oxygens (including phenoxy) is 2. The van der Waals surface area contributed by atoms with Gasteiger partial charge in [0.25, 0.3) is 0 Å². The summed E-state index contributed by atoms with van der Waals surface area (Å²) in [7, 11) is 0. The maximum absolute atomic E-state index is 13.8. The van der Waals surface area contributed by atoms with E-state index in [1.165, 1.54) is 0 Å². The van der Waals surface area contributed by atoms with E-state index in [4.69, 9.17) is 9.47 Å². The first-order chi connectivity index (χ1) is 11.1. The standard InChI is InChI=1S/C17H23F2NO3/c1-2-16(14-10-12(18)5-6-15(14)19)20-17(21)7-9-22-11-13-4-3-8-23-13/h5-6,10,13,16H,2-4,7-9,11H2,1H3,(H,20,21). The van der Waals surface area contributed by atoms with Gasteiger partial charge in [-0.05, 0) is 37.5 Å². The molecule has 2 atom stereocenters. The molecule has 0 saturated carbocycles. The molecule has 2 rings (SSSR count). The number of hydrogen-bond acceptors (Lipinski definition) is 3. The molecule has 1 aromatic rings. The van der Waals surface area contributed by atoms with Crippen LogP contribution in [0.1, 0.15) is 44.2 Å². The second-order valence-corrected chi connectivity index (χ2v) is 5.65. The Balaban J connectivity index is 1.76. The highest BCUT2D eigenvalue weighted by atomic mass is 19.1. The summed E-state index contributed by atoms with van der Waals surface area (Å²) in [6, 6.07) is 2.71. The van der Waals surface area contributed by atoms with Gasteiger partial charge in [0.15, 0.2) is 0 Å². The first-order valence-electron chi connectivity index (χ1n) is 8.03. The Kier molecular flexibility index (Phi) is 6.92. The van der Waals surface area contributed by atoms with E-state index in [9.17, 15) is 13.6 Å². The molecule has 1 aliphatic rings. The molecule has 1 aromatic carbocycles. The Morgan fingerprint density at radius 2 is 2.30 bits per heavy atom. The molecular weight excluding hydrogens is 304 g/mol. The number of carbonyl (C=O) groups is 1. The Hall–Kier alpha value is -1.53. The summed E-state index contributed by atoms with van der Waals surface area (Å²) in [5, 5.41) is 2.72. The quantitative estimate of drug-likeness (QED) is 0.746. The molecule has 1 aliphatic heterocycles. The van der Waals surface area contributed by atoms with E-state index in [1.807, 2.05) is 6.92 Å². The predicted molar refractivity (Wildman–Crippen MR) is 81.9 cm³/mol. The van der Waals surface area contributed by atoms with Crippen LogP contribution in [0.2, 0.25) is 0 Å². The lowest BCUT2D eigenvalue weighted by molar-refractivity contribution is -0.123. The van der Waals surface area contributed by atoms with Gasteiger partial charge < -0.3 is 14.8 Å². The van der Waals surface area contributed by atoms with Crippen LogP contribution < -0.4 is 5.32 Å². The number of amides is 1. The Morgan fingerprint density at radius 1 is 1.48 bits per heavy atom. The minimum atomic E-state index is -0.545. The number of hydrogen-bond donors (Lipinski definition) is 1. The Bertz CT molecular complexity index is 519. The van der Waals surface area contributed by atoms with E-state index in [1.54, 1.807) is 0 Å². The third-order valence-corrected chi connectivity index (χ3v) is 3.88. The van der Waals surface area contributed by atoms with Gasteiger partial charge in [0.2, 0.25) is 5.91 Å². The average Bonchev–Trinajstić information content (AvgIpc) is 3.05. The molecule has 0 aromatic heterocycles. The van der Waals surface area contributed by atoms with Gasteiger partial charge >= 0.3 is 0 Å². The zero-order valence-electron chi connectivity index (χ0n) is 13.3. The first kappa shape index (κ1) is 17.8. The minimum Gasteiger partial charge on any atom is -0.378 e. The van der Waals surface area contributed by atoms with Crippen LogP contribution in [0.15, 0.2) is 18.2 Å². The lowest BCUT2D eigenvalue weighted by Gasteiger charge is -2.18. The molecule has 1 heterocycles. The molecule has 6 heteroatoms. The van der Waals surface area contributed by atoms with E-state index >= 15 is 0 Å². The van der Waals surface area contributed by atoms with Crippen LogP contribution in [-0.2, 0) is 14.3 Å². The third kappa shape index (κ3) is 5.55. The molecule has 2 unspecified atom stereocenters. The van der Waals surface area contributed by atoms with Crippen molar-refractivity contribution in [2.24, 2.45) is 0 Å². The molecule has 0 spiro atoms. The highest BCUT2D eigenvalue weighted by molar-refractivity contribution is 5.76. The van der Waals surface area contributed by atoms with Crippen molar-refractivity contribution in [3.05, 3.63) is 35.4 Å². The van der Waals surface area contributed by atoms with Crippen molar-refractivity contribution >= 4 is 5.91 Å². The van der Waals surface area contributed by atoms with Gasteiger partial charge in [-0.15, -0.1) is 0 Å². The van der Waals surface area contributed by atoms with Crippen LogP contribution in [0.4, 0.5) is 8.78 Å². The smallest absolute Gasteiger partial charge is 0.222 e. The molecule has 1 N–H and O–H groups in total. The maximum Gasteiger partial charge on any atom is 0.222 e. The summed E-state index contributed by atoms with van der Waals surface area (Å²) in [5.74, 6) is -1.28. The predicted octanol–water partition coefficient (Wildman–Crippen LogP) is 3.12. The fourth-order valence-corrected chi connectivity index (χ4v) is 2.60. The van der Waals surface area contributed by atoms with Crippen molar-refractivity contribution in [2.45, 2.75) is 44.8 Å². The van der Waals surface area contributed by atoms with Crippen LogP contribution in [0.25, 0.3) is 0 Å². The molecule has 4 nitrogen and oxygen atoms in total. The largest absolute Gasteiger partial charge is 0.378 e. The summed E-state index contributed by atoms with van der Waals surface area (Å²) < 4.78 is 37.9. The summed E-state index contributed by atoms with van der Waals surface area (Å²) in [4.78, 5) is 11.9. The first-order valence-corrected chi connectivity index (χ1v) is 8.03. The number of benzene rings is 1. The highest BCUT2D eigenvalue weighted by Gasteiger charge is 2.18. The van der Waals surface area contributed by atoms with Gasteiger partial charge in [0.05, 0.1) is 25.4 Å². The molecule has 128 valence electrons. The Morgan fingerprint density at radius 3 is 3.00 bits per heavy atom. The number of halogens is 2. The molecular formula is C17H23F2NO3. The number of carbonyl (C=O) groups excluding carboxylic acids is 1. The van der Waals surface area contributed by atoms with E-state index in [-0.39, 0.29) is 30.6 Å². The minimum absolute atomic E-state index is 0.128. The molecule has 0 bridgehead atoms.